The van der Waals surface area contributed by atoms with E-state index in [0.29, 0.717) is 24.3 Å². The van der Waals surface area contributed by atoms with E-state index in [1.807, 2.05) is 43.4 Å². The molecule has 5 nitrogen and oxygen atoms in total. The van der Waals surface area contributed by atoms with E-state index in [1.165, 1.54) is 0 Å². The fourth-order valence-electron chi connectivity index (χ4n) is 3.07. The smallest absolute Gasteiger partial charge is 0.338 e. The van der Waals surface area contributed by atoms with Gasteiger partial charge in [-0.05, 0) is 61.4 Å². The molecule has 0 unspecified atom stereocenters. The van der Waals surface area contributed by atoms with Crippen molar-refractivity contribution in [2.45, 2.75) is 13.8 Å². The van der Waals surface area contributed by atoms with Gasteiger partial charge in [0.2, 0.25) is 0 Å². The number of ether oxygens (including phenoxy) is 2. The predicted octanol–water partition coefficient (Wildman–Crippen LogP) is 4.71. The van der Waals surface area contributed by atoms with Crippen LogP contribution in [0.2, 0.25) is 0 Å². The number of benzene rings is 2. The molecule has 144 valence electrons. The molecular formula is C23H23NO4. The number of nitrogens with zero attached hydrogens (tertiary/aromatic N) is 1. The lowest BCUT2D eigenvalue weighted by molar-refractivity contribution is 0.0517. The summed E-state index contributed by atoms with van der Waals surface area (Å²) in [6.45, 7) is 4.29. The number of hydrogen-bond donors (Lipinski definition) is 0. The van der Waals surface area contributed by atoms with Crippen LogP contribution in [0.5, 0.6) is 0 Å². The summed E-state index contributed by atoms with van der Waals surface area (Å²) in [6.07, 6.45) is 0. The maximum absolute atomic E-state index is 11.8. The van der Waals surface area contributed by atoms with E-state index in [9.17, 15) is 9.59 Å². The average molecular weight is 377 g/mol. The molecule has 1 aromatic heterocycles. The lowest BCUT2D eigenvalue weighted by Crippen LogP contribution is -2.04. The van der Waals surface area contributed by atoms with Crippen molar-refractivity contribution in [3.8, 4) is 22.5 Å². The van der Waals surface area contributed by atoms with Gasteiger partial charge in [-0.25, -0.2) is 9.59 Å². The van der Waals surface area contributed by atoms with Gasteiger partial charge >= 0.3 is 11.9 Å². The minimum absolute atomic E-state index is 0.316. The van der Waals surface area contributed by atoms with E-state index >= 15 is 0 Å². The summed E-state index contributed by atoms with van der Waals surface area (Å²) < 4.78 is 12.1. The summed E-state index contributed by atoms with van der Waals surface area (Å²) in [7, 11) is 1.99. The van der Waals surface area contributed by atoms with E-state index in [-0.39, 0.29) is 11.9 Å². The molecule has 3 aromatic rings. The maximum Gasteiger partial charge on any atom is 0.338 e. The van der Waals surface area contributed by atoms with Crippen LogP contribution in [0.3, 0.4) is 0 Å². The van der Waals surface area contributed by atoms with Crippen molar-refractivity contribution in [3.05, 3.63) is 71.8 Å². The third kappa shape index (κ3) is 3.98. The topological polar surface area (TPSA) is 57.5 Å². The van der Waals surface area contributed by atoms with Gasteiger partial charge in [0.05, 0.1) is 24.3 Å². The molecule has 1 heterocycles. The molecule has 0 atom stereocenters. The number of carbonyl (C=O) groups is 2. The molecule has 0 bridgehead atoms. The van der Waals surface area contributed by atoms with Crippen LogP contribution >= 0.6 is 0 Å². The first-order chi connectivity index (χ1) is 13.5. The van der Waals surface area contributed by atoms with E-state index < -0.39 is 0 Å². The van der Waals surface area contributed by atoms with Crippen molar-refractivity contribution in [1.29, 1.82) is 0 Å². The first kappa shape index (κ1) is 19.4. The van der Waals surface area contributed by atoms with E-state index in [4.69, 9.17) is 9.47 Å². The molecular weight excluding hydrogens is 354 g/mol. The summed E-state index contributed by atoms with van der Waals surface area (Å²) in [5.74, 6) is -0.633. The molecule has 2 aromatic carbocycles. The first-order valence-corrected chi connectivity index (χ1v) is 9.26. The third-order valence-electron chi connectivity index (χ3n) is 4.51. The van der Waals surface area contributed by atoms with Crippen molar-refractivity contribution in [2.24, 2.45) is 7.05 Å². The van der Waals surface area contributed by atoms with Crippen LogP contribution in [0.4, 0.5) is 0 Å². The highest BCUT2D eigenvalue weighted by Gasteiger charge is 2.12. The number of hydrogen-bond acceptors (Lipinski definition) is 4. The molecule has 0 amide bonds. The fraction of sp³-hybridized carbons (Fsp3) is 0.217. The Labute approximate surface area is 164 Å². The molecule has 0 N–H and O–H groups in total. The zero-order chi connectivity index (χ0) is 20.1. The molecule has 0 saturated heterocycles. The van der Waals surface area contributed by atoms with Crippen LogP contribution in [0.15, 0.2) is 60.7 Å². The quantitative estimate of drug-likeness (QED) is 0.584. The molecule has 0 saturated carbocycles. The minimum Gasteiger partial charge on any atom is -0.462 e. The van der Waals surface area contributed by atoms with Crippen molar-refractivity contribution < 1.29 is 19.1 Å². The summed E-state index contributed by atoms with van der Waals surface area (Å²) in [5.41, 5.74) is 5.14. The van der Waals surface area contributed by atoms with Gasteiger partial charge in [0.15, 0.2) is 0 Å². The van der Waals surface area contributed by atoms with Gasteiger partial charge in [0, 0.05) is 18.4 Å². The highest BCUT2D eigenvalue weighted by Crippen LogP contribution is 2.28. The van der Waals surface area contributed by atoms with Crippen molar-refractivity contribution in [2.75, 3.05) is 13.2 Å². The normalized spacial score (nSPS) is 10.5. The second-order valence-corrected chi connectivity index (χ2v) is 6.26. The second-order valence-electron chi connectivity index (χ2n) is 6.26. The summed E-state index contributed by atoms with van der Waals surface area (Å²) in [6, 6.07) is 18.8. The fourth-order valence-corrected chi connectivity index (χ4v) is 3.07. The average Bonchev–Trinajstić information content (AvgIpc) is 3.10. The third-order valence-corrected chi connectivity index (χ3v) is 4.51. The lowest BCUT2D eigenvalue weighted by Gasteiger charge is -2.10. The molecule has 0 fully saturated rings. The number of rotatable bonds is 6. The van der Waals surface area contributed by atoms with Gasteiger partial charge < -0.3 is 14.0 Å². The zero-order valence-electron chi connectivity index (χ0n) is 16.3. The molecule has 0 spiro atoms. The Morgan fingerprint density at radius 1 is 0.679 bits per heavy atom. The van der Waals surface area contributed by atoms with Crippen LogP contribution in [-0.2, 0) is 16.5 Å². The SMILES string of the molecule is CCOC(=O)c1ccc(-c2ccc(-c3ccc(C(=O)OCC)cc3)n2C)cc1. The van der Waals surface area contributed by atoms with E-state index in [0.717, 1.165) is 22.5 Å². The Hall–Kier alpha value is -3.34. The van der Waals surface area contributed by atoms with Gasteiger partial charge in [-0.3, -0.25) is 0 Å². The van der Waals surface area contributed by atoms with Crippen LogP contribution in [0, 0.1) is 0 Å². The lowest BCUT2D eigenvalue weighted by atomic mass is 10.1. The van der Waals surface area contributed by atoms with Gasteiger partial charge in [0.25, 0.3) is 0 Å². The molecule has 5 heteroatoms. The largest absolute Gasteiger partial charge is 0.462 e. The monoisotopic (exact) mass is 377 g/mol. The van der Waals surface area contributed by atoms with Crippen molar-refractivity contribution >= 4 is 11.9 Å². The minimum atomic E-state index is -0.316. The first-order valence-electron chi connectivity index (χ1n) is 9.26. The maximum atomic E-state index is 11.8. The Balaban J connectivity index is 1.84. The summed E-state index contributed by atoms with van der Waals surface area (Å²) >= 11 is 0. The van der Waals surface area contributed by atoms with Crippen LogP contribution < -0.4 is 0 Å². The van der Waals surface area contributed by atoms with Crippen LogP contribution in [0.25, 0.3) is 22.5 Å². The zero-order valence-corrected chi connectivity index (χ0v) is 16.3. The number of esters is 2. The van der Waals surface area contributed by atoms with Gasteiger partial charge in [-0.15, -0.1) is 0 Å². The Morgan fingerprint density at radius 2 is 1.04 bits per heavy atom. The highest BCUT2D eigenvalue weighted by molar-refractivity contribution is 5.90. The molecule has 3 rings (SSSR count). The number of aromatic nitrogens is 1. The van der Waals surface area contributed by atoms with Crippen molar-refractivity contribution in [1.82, 2.24) is 4.57 Å². The molecule has 0 aliphatic rings. The van der Waals surface area contributed by atoms with Crippen molar-refractivity contribution in [3.63, 3.8) is 0 Å². The predicted molar refractivity (Wildman–Crippen MR) is 108 cm³/mol. The highest BCUT2D eigenvalue weighted by atomic mass is 16.5. The molecule has 0 radical (unpaired) electrons. The van der Waals surface area contributed by atoms with Gasteiger partial charge in [-0.2, -0.15) is 0 Å². The second kappa shape index (κ2) is 8.57. The Kier molecular flexibility index (Phi) is 5.94. The Morgan fingerprint density at radius 3 is 1.36 bits per heavy atom. The van der Waals surface area contributed by atoms with Crippen LogP contribution in [0.1, 0.15) is 34.6 Å². The molecule has 28 heavy (non-hydrogen) atoms. The van der Waals surface area contributed by atoms with E-state index in [2.05, 4.69) is 4.57 Å². The van der Waals surface area contributed by atoms with E-state index in [1.54, 1.807) is 38.1 Å². The van der Waals surface area contributed by atoms with Crippen LogP contribution in [-0.4, -0.2) is 29.7 Å². The van der Waals surface area contributed by atoms with Gasteiger partial charge in [-0.1, -0.05) is 24.3 Å². The molecule has 0 aliphatic heterocycles. The van der Waals surface area contributed by atoms with Gasteiger partial charge in [0.1, 0.15) is 0 Å². The Bertz CT molecular complexity index is 890. The number of carbonyl (C=O) groups excluding carboxylic acids is 2. The standard InChI is InChI=1S/C23H23NO4/c1-4-27-22(25)18-10-6-16(7-11-18)20-14-15-21(24(20)3)17-8-12-19(13-9-17)23(26)28-5-2/h6-15H,4-5H2,1-3H3. The summed E-state index contributed by atoms with van der Waals surface area (Å²) in [4.78, 5) is 23.6. The molecule has 0 aliphatic carbocycles. The summed E-state index contributed by atoms with van der Waals surface area (Å²) in [5, 5.41) is 0.